The van der Waals surface area contributed by atoms with Gasteiger partial charge in [-0.15, -0.1) is 0 Å². The number of anilines is 2. The van der Waals surface area contributed by atoms with E-state index in [4.69, 9.17) is 0 Å². The maximum atomic E-state index is 13.3. The molecule has 0 unspecified atom stereocenters. The second-order valence-corrected chi connectivity index (χ2v) is 13.8. The molecule has 0 saturated heterocycles. The van der Waals surface area contributed by atoms with E-state index in [1.165, 1.54) is 30.3 Å². The molecule has 2 N–H and O–H groups in total. The number of carbonyl (C=O) groups is 2. The molecule has 5 aromatic rings. The van der Waals surface area contributed by atoms with Crippen LogP contribution in [0, 0.1) is 0 Å². The van der Waals surface area contributed by atoms with Gasteiger partial charge >= 0.3 is 118 Å². The van der Waals surface area contributed by atoms with Crippen molar-refractivity contribution in [3.8, 4) is 0 Å². The van der Waals surface area contributed by atoms with Crippen molar-refractivity contribution in [3.05, 3.63) is 96.1 Å². The topological polar surface area (TPSA) is 256 Å². The van der Waals surface area contributed by atoms with Crippen molar-refractivity contribution in [2.45, 2.75) is 19.6 Å². The summed E-state index contributed by atoms with van der Waals surface area (Å²) in [6.07, 6.45) is 0. The first kappa shape index (κ1) is 49.9. The molecule has 0 aromatic heterocycles. The first-order chi connectivity index (χ1) is 22.8. The second kappa shape index (κ2) is 22.0. The van der Waals surface area contributed by atoms with Gasteiger partial charge in [-0.05, 0) is 88.3 Å². The predicted octanol–water partition coefficient (Wildman–Crippen LogP) is -9.22. The van der Waals surface area contributed by atoms with Gasteiger partial charge in [0, 0.05) is 16.0 Å². The molecule has 0 radical (unpaired) electrons. The first-order valence-corrected chi connectivity index (χ1v) is 17.1. The van der Waals surface area contributed by atoms with E-state index in [0.29, 0.717) is 39.8 Å². The van der Waals surface area contributed by atoms with Gasteiger partial charge in [0.05, 0.1) is 50.1 Å². The van der Waals surface area contributed by atoms with E-state index in [1.54, 1.807) is 30.3 Å². The molecule has 0 aliphatic rings. The SMILES string of the molecule is O=C(Nc1cc2ccc(SOO[O-])cc2cc1SOO[O-])c1cccc(C(=O)Nc2cc3ccc(S(=O)(=O)[O-])cc3cc2S(=O)(=O)[O-])c1.[Na+].[Na+].[Na+].[Na+]. The number of carbonyl (C=O) groups excluding carboxylic acids is 2. The van der Waals surface area contributed by atoms with Gasteiger partial charge in [0.2, 0.25) is 0 Å². The Morgan fingerprint density at radius 2 is 1.12 bits per heavy atom. The minimum atomic E-state index is -5.21. The molecule has 52 heavy (non-hydrogen) atoms. The zero-order valence-corrected chi connectivity index (χ0v) is 38.7. The summed E-state index contributed by atoms with van der Waals surface area (Å²) in [5.41, 5.74) is -0.390. The Balaban J connectivity index is 0.00000338. The third kappa shape index (κ3) is 12.9. The van der Waals surface area contributed by atoms with Crippen LogP contribution in [0.2, 0.25) is 0 Å². The van der Waals surface area contributed by atoms with Crippen LogP contribution >= 0.6 is 24.1 Å². The quantitative estimate of drug-likeness (QED) is 0.0389. The van der Waals surface area contributed by atoms with E-state index in [2.05, 4.69) is 29.4 Å². The summed E-state index contributed by atoms with van der Waals surface area (Å²) in [5.74, 6) is -1.62. The van der Waals surface area contributed by atoms with E-state index in [1.807, 2.05) is 0 Å². The monoisotopic (exact) mass is 824 g/mol. The van der Waals surface area contributed by atoms with Crippen molar-refractivity contribution in [1.29, 1.82) is 0 Å². The van der Waals surface area contributed by atoms with Crippen molar-refractivity contribution >= 4 is 89.1 Å². The molecular formula is C28H16N2Na4O14S4. The molecule has 0 spiro atoms. The van der Waals surface area contributed by atoms with Crippen LogP contribution < -0.4 is 139 Å². The predicted molar refractivity (Wildman–Crippen MR) is 162 cm³/mol. The van der Waals surface area contributed by atoms with Crippen LogP contribution in [-0.4, -0.2) is 37.8 Å². The molecule has 0 saturated carbocycles. The van der Waals surface area contributed by atoms with Crippen molar-refractivity contribution in [2.24, 2.45) is 0 Å². The van der Waals surface area contributed by atoms with E-state index in [9.17, 15) is 46.0 Å². The van der Waals surface area contributed by atoms with Gasteiger partial charge in [-0.2, -0.15) is 8.67 Å². The molecule has 2 amide bonds. The second-order valence-electron chi connectivity index (χ2n) is 9.55. The molecule has 0 atom stereocenters. The molecular weight excluding hydrogens is 809 g/mol. The van der Waals surface area contributed by atoms with Gasteiger partial charge in [0.25, 0.3) is 11.8 Å². The number of fused-ring (bicyclic) bond motifs is 2. The molecule has 0 bridgehead atoms. The zero-order chi connectivity index (χ0) is 34.6. The molecule has 0 fully saturated rings. The van der Waals surface area contributed by atoms with Gasteiger partial charge < -0.3 is 30.3 Å². The van der Waals surface area contributed by atoms with Gasteiger partial charge in [-0.1, -0.05) is 18.2 Å². The third-order valence-corrected chi connectivity index (χ3v) is 9.49. The fraction of sp³-hybridized carbons (Fsp3) is 0. The Morgan fingerprint density at radius 3 is 1.69 bits per heavy atom. The van der Waals surface area contributed by atoms with Crippen LogP contribution in [0.3, 0.4) is 0 Å². The van der Waals surface area contributed by atoms with Gasteiger partial charge in [-0.25, -0.2) is 16.8 Å². The number of nitrogens with one attached hydrogen (secondary N) is 2. The smallest absolute Gasteiger partial charge is 0.744 e. The van der Waals surface area contributed by atoms with Crippen molar-refractivity contribution in [3.63, 3.8) is 0 Å². The van der Waals surface area contributed by atoms with Crippen LogP contribution in [0.25, 0.3) is 21.5 Å². The summed E-state index contributed by atoms with van der Waals surface area (Å²) in [6, 6.07) is 18.3. The van der Waals surface area contributed by atoms with Crippen LogP contribution in [0.15, 0.2) is 105 Å². The average molecular weight is 825 g/mol. The Labute approximate surface area is 392 Å². The molecule has 0 aliphatic carbocycles. The maximum Gasteiger partial charge on any atom is 1.00 e. The van der Waals surface area contributed by atoms with E-state index >= 15 is 0 Å². The number of hydrogen-bond acceptors (Lipinski definition) is 16. The van der Waals surface area contributed by atoms with E-state index in [-0.39, 0.29) is 151 Å². The van der Waals surface area contributed by atoms with Crippen LogP contribution in [0.1, 0.15) is 20.7 Å². The summed E-state index contributed by atoms with van der Waals surface area (Å²) in [6.45, 7) is 0. The van der Waals surface area contributed by atoms with E-state index < -0.39 is 47.5 Å². The standard InChI is InChI=1S/C28H20N2O14S4.4Na/c31-27(29-23-11-15-4-6-21(45-43-41-33)9-19(15)13-25(23)46-44-42-34)17-2-1-3-18(8-17)28(32)30-24-12-16-5-7-22(47(35,36)37)10-20(16)14-26(24)48(38,39)40;;;;/h1-14,33-34H,(H,29,31)(H,30,32)(H,35,36,37)(H,38,39,40);;;;/q;4*+1/p-4. The normalized spacial score (nSPS) is 11.0. The van der Waals surface area contributed by atoms with Crippen LogP contribution in [0.4, 0.5) is 11.4 Å². The van der Waals surface area contributed by atoms with Gasteiger partial charge in [-0.3, -0.25) is 19.7 Å². The maximum absolute atomic E-state index is 13.3. The summed E-state index contributed by atoms with van der Waals surface area (Å²) >= 11 is 1.14. The van der Waals surface area contributed by atoms with Gasteiger partial charge in [0.1, 0.15) is 20.2 Å². The molecule has 16 nitrogen and oxygen atoms in total. The first-order valence-electron chi connectivity index (χ1n) is 12.8. The molecule has 24 heteroatoms. The van der Waals surface area contributed by atoms with Gasteiger partial charge in [0.15, 0.2) is 0 Å². The van der Waals surface area contributed by atoms with Crippen molar-refractivity contribution in [1.82, 2.24) is 0 Å². The Bertz CT molecular complexity index is 2300. The fourth-order valence-electron chi connectivity index (χ4n) is 4.48. The third-order valence-electron chi connectivity index (χ3n) is 6.57. The van der Waals surface area contributed by atoms with Crippen LogP contribution in [-0.2, 0) is 39.0 Å². The molecule has 5 rings (SSSR count). The van der Waals surface area contributed by atoms with Crippen molar-refractivity contribution < 1.29 is 183 Å². The Hall–Kier alpha value is -0.160. The minimum absolute atomic E-state index is 0. The number of rotatable bonds is 12. The van der Waals surface area contributed by atoms with E-state index in [0.717, 1.165) is 24.3 Å². The minimum Gasteiger partial charge on any atom is -0.744 e. The molecule has 0 heterocycles. The largest absolute Gasteiger partial charge is 1.00 e. The number of amides is 2. The molecule has 5 aromatic carbocycles. The summed E-state index contributed by atoms with van der Waals surface area (Å²) in [4.78, 5) is 25.7. The average Bonchev–Trinajstić information content (AvgIpc) is 3.04. The number of benzene rings is 5. The zero-order valence-electron chi connectivity index (χ0n) is 27.4. The van der Waals surface area contributed by atoms with Crippen molar-refractivity contribution in [2.75, 3.05) is 10.6 Å². The molecule has 250 valence electrons. The Morgan fingerprint density at radius 1 is 0.577 bits per heavy atom. The summed E-state index contributed by atoms with van der Waals surface area (Å²) < 4.78 is 79.1. The van der Waals surface area contributed by atoms with Crippen LogP contribution in [0.5, 0.6) is 0 Å². The molecule has 0 aliphatic heterocycles. The fourth-order valence-corrected chi connectivity index (χ4v) is 6.52. The summed E-state index contributed by atoms with van der Waals surface area (Å²) in [5, 5.41) is 33.7. The summed E-state index contributed by atoms with van der Waals surface area (Å²) in [7, 11) is -10.1. The number of hydrogen-bond donors (Lipinski definition) is 2. The Kier molecular flexibility index (Phi) is 21.1.